The molecule has 3 aromatic carbocycles. The van der Waals surface area contributed by atoms with Gasteiger partial charge in [-0.3, -0.25) is 0 Å². The predicted molar refractivity (Wildman–Crippen MR) is 254 cm³/mol. The van der Waals surface area contributed by atoms with E-state index in [-0.39, 0.29) is 45.3 Å². The fraction of sp³-hybridized carbons (Fsp3) is 0.373. The molecule has 3 aromatic rings. The first-order valence-corrected chi connectivity index (χ1v) is 23.5. The maximum absolute atomic E-state index is 12.9. The van der Waals surface area contributed by atoms with Gasteiger partial charge in [-0.2, -0.15) is 0 Å². The third-order valence-corrected chi connectivity index (χ3v) is 12.6. The largest absolute Gasteiger partial charge is 0.508 e. The molecular weight excluding hydrogens is 1030 g/mol. The number of esters is 2. The summed E-state index contributed by atoms with van der Waals surface area (Å²) in [6.07, 6.45) is -21.8. The summed E-state index contributed by atoms with van der Waals surface area (Å²) in [5, 5.41) is 158. The quantitative estimate of drug-likeness (QED) is 0.0442. The van der Waals surface area contributed by atoms with E-state index in [2.05, 4.69) is 0 Å². The monoisotopic (exact) mass is 1080 g/mol. The molecule has 0 bridgehead atoms. The summed E-state index contributed by atoms with van der Waals surface area (Å²) in [5.41, 5.74) is 0.748. The number of aliphatic hydroxyl groups excluding tert-OH is 10. The molecule has 0 aromatic heterocycles. The molecule has 26 nitrogen and oxygen atoms in total. The number of fused-ring (bicyclic) bond motifs is 1. The molecule has 8 rings (SSSR count). The topological polar surface area (TPSA) is 421 Å². The van der Waals surface area contributed by atoms with Crippen LogP contribution >= 0.6 is 0 Å². The summed E-state index contributed by atoms with van der Waals surface area (Å²) in [6.45, 7) is -2.39. The number of benzene rings is 3. The molecular formula is C51H54O26. The highest BCUT2D eigenvalue weighted by molar-refractivity contribution is 5.87. The first-order chi connectivity index (χ1) is 36.7. The van der Waals surface area contributed by atoms with Crippen molar-refractivity contribution in [2.24, 2.45) is 0 Å². The summed E-state index contributed by atoms with van der Waals surface area (Å²) in [5.74, 6) is -5.20. The molecule has 3 fully saturated rings. The van der Waals surface area contributed by atoms with Crippen LogP contribution in [0.2, 0.25) is 0 Å². The molecule has 77 heavy (non-hydrogen) atoms. The van der Waals surface area contributed by atoms with Gasteiger partial charge in [-0.1, -0.05) is 12.1 Å². The summed E-state index contributed by atoms with van der Waals surface area (Å²) in [6, 6.07) is 12.7. The van der Waals surface area contributed by atoms with Crippen molar-refractivity contribution in [3.8, 4) is 28.7 Å². The molecule has 4 aliphatic heterocycles. The number of aliphatic hydroxyl groups is 10. The van der Waals surface area contributed by atoms with E-state index in [1.54, 1.807) is 0 Å². The zero-order valence-corrected chi connectivity index (χ0v) is 39.9. The van der Waals surface area contributed by atoms with Gasteiger partial charge in [0.1, 0.15) is 104 Å². The highest BCUT2D eigenvalue weighted by atomic mass is 16.8. The smallest absolute Gasteiger partial charge is 0.330 e. The lowest BCUT2D eigenvalue weighted by Gasteiger charge is -2.46. The average molecular weight is 1080 g/mol. The lowest BCUT2D eigenvalue weighted by atomic mass is 9.96. The van der Waals surface area contributed by atoms with Crippen LogP contribution in [-0.4, -0.2) is 207 Å². The van der Waals surface area contributed by atoms with E-state index in [1.807, 2.05) is 0 Å². The Labute approximate surface area is 435 Å². The summed E-state index contributed by atoms with van der Waals surface area (Å²) in [7, 11) is 0. The van der Waals surface area contributed by atoms with Crippen molar-refractivity contribution in [2.45, 2.75) is 98.2 Å². The molecule has 15 N–H and O–H groups in total. The van der Waals surface area contributed by atoms with Gasteiger partial charge in [0, 0.05) is 35.4 Å². The Hall–Kier alpha value is -7.28. The number of aromatic hydroxyl groups is 5. The normalized spacial score (nSPS) is 32.4. The van der Waals surface area contributed by atoms with Crippen LogP contribution in [-0.2, 0) is 52.2 Å². The average Bonchev–Trinajstić information content (AvgIpc) is 3.42. The minimum atomic E-state index is -2.14. The van der Waals surface area contributed by atoms with Gasteiger partial charge in [0.05, 0.1) is 6.61 Å². The summed E-state index contributed by atoms with van der Waals surface area (Å²) < 4.78 is 52.7. The number of phenolic OH excluding ortho intramolecular Hbond substituents is 5. The maximum Gasteiger partial charge on any atom is 0.330 e. The van der Waals surface area contributed by atoms with Crippen LogP contribution in [0.25, 0.3) is 17.9 Å². The zero-order valence-electron chi connectivity index (χ0n) is 39.9. The molecule has 0 saturated carbocycles. The molecule has 1 aliphatic carbocycles. The molecule has 414 valence electrons. The fourth-order valence-electron chi connectivity index (χ4n) is 8.37. The number of hydrogen-bond acceptors (Lipinski definition) is 26. The number of carbonyl (C=O) groups is 2. The lowest BCUT2D eigenvalue weighted by Crippen LogP contribution is -2.64. The van der Waals surface area contributed by atoms with Crippen LogP contribution in [0, 0.1) is 0 Å². The van der Waals surface area contributed by atoms with Crippen molar-refractivity contribution in [1.82, 2.24) is 0 Å². The zero-order chi connectivity index (χ0) is 55.4. The van der Waals surface area contributed by atoms with Crippen LogP contribution in [0.3, 0.4) is 0 Å². The number of rotatable bonds is 16. The molecule has 5 aliphatic rings. The van der Waals surface area contributed by atoms with Crippen LogP contribution in [0.15, 0.2) is 114 Å². The third-order valence-electron chi connectivity index (χ3n) is 12.6. The van der Waals surface area contributed by atoms with Gasteiger partial charge in [-0.15, -0.1) is 0 Å². The highest BCUT2D eigenvalue weighted by Crippen LogP contribution is 2.41. The Balaban J connectivity index is 1.10. The van der Waals surface area contributed by atoms with E-state index < -0.39 is 159 Å². The van der Waals surface area contributed by atoms with Crippen LogP contribution in [0.1, 0.15) is 16.7 Å². The van der Waals surface area contributed by atoms with E-state index >= 15 is 0 Å². The number of allylic oxidation sites excluding steroid dienone is 2. The molecule has 26 heteroatoms. The van der Waals surface area contributed by atoms with E-state index in [0.717, 1.165) is 30.4 Å². The van der Waals surface area contributed by atoms with Gasteiger partial charge in [0.25, 0.3) is 0 Å². The predicted octanol–water partition coefficient (Wildman–Crippen LogP) is -1.47. The van der Waals surface area contributed by atoms with Crippen molar-refractivity contribution >= 4 is 29.8 Å². The fourth-order valence-corrected chi connectivity index (χ4v) is 8.37. The van der Waals surface area contributed by atoms with Gasteiger partial charge < -0.3 is 119 Å². The van der Waals surface area contributed by atoms with E-state index in [4.69, 9.17) is 42.6 Å². The molecule has 16 atom stereocenters. The summed E-state index contributed by atoms with van der Waals surface area (Å²) in [4.78, 5) is 25.7. The molecule has 0 spiro atoms. The first-order valence-electron chi connectivity index (χ1n) is 23.5. The van der Waals surface area contributed by atoms with E-state index in [0.29, 0.717) is 0 Å². The number of phenols is 5. The minimum Gasteiger partial charge on any atom is -0.508 e. The van der Waals surface area contributed by atoms with Gasteiger partial charge >= 0.3 is 11.9 Å². The number of carbonyl (C=O) groups excluding carboxylic acids is 2. The Kier molecular flexibility index (Phi) is 17.4. The van der Waals surface area contributed by atoms with Crippen molar-refractivity contribution in [3.05, 3.63) is 131 Å². The number of ether oxygens (including phenoxy) is 9. The first kappa shape index (κ1) is 55.9. The molecule has 0 amide bonds. The van der Waals surface area contributed by atoms with Crippen molar-refractivity contribution in [2.75, 3.05) is 19.8 Å². The second-order valence-electron chi connectivity index (χ2n) is 18.0. The molecule has 4 heterocycles. The van der Waals surface area contributed by atoms with Gasteiger partial charge in [0.15, 0.2) is 46.9 Å². The Morgan fingerprint density at radius 2 is 1.06 bits per heavy atom. The highest BCUT2D eigenvalue weighted by Gasteiger charge is 2.53. The van der Waals surface area contributed by atoms with Crippen LogP contribution < -0.4 is 0 Å². The van der Waals surface area contributed by atoms with Gasteiger partial charge in [-0.25, -0.2) is 9.59 Å². The molecule has 3 saturated heterocycles. The minimum absolute atomic E-state index is 0.00181. The Bertz CT molecular complexity index is 2800. The standard InChI is InChI=1S/C51H54O26/c52-18-34-39(61)42(64)45(67)49(74-34)72-32-16-25(54)15-31-26(32)17-33(47(71-31)23-5-7-24(53)8-6-23)73-51-48(44(66)41(63)36(76-51)20-70-38(60)12-4-22-2-10-28(56)30(58)14-22)77-50-46(68)43(65)40(62)35(75-50)19-69-37(59)11-3-21-1-9-27(55)29(57)13-21/h1-17,31,34-36,39-46,48-58,61-68H,18-20H2/b11-3+,12-4+/t31?,34-,35-,36-,39-,40-,41-,42+,43+,44+,45-,46-,48-,49-,50+,51-/m1/s1. The molecule has 1 unspecified atom stereocenters. The lowest BCUT2D eigenvalue weighted by molar-refractivity contribution is -0.363. The Morgan fingerprint density at radius 1 is 0.545 bits per heavy atom. The van der Waals surface area contributed by atoms with Crippen molar-refractivity contribution in [1.29, 1.82) is 0 Å². The maximum atomic E-state index is 12.9. The van der Waals surface area contributed by atoms with Gasteiger partial charge in [-0.05, 0) is 77.9 Å². The Morgan fingerprint density at radius 3 is 1.62 bits per heavy atom. The molecule has 0 radical (unpaired) electrons. The van der Waals surface area contributed by atoms with Gasteiger partial charge in [0.2, 0.25) is 12.6 Å². The second kappa shape index (κ2) is 23.9. The van der Waals surface area contributed by atoms with E-state index in [1.165, 1.54) is 72.8 Å². The summed E-state index contributed by atoms with van der Waals surface area (Å²) >= 11 is 0. The SMILES string of the molecule is O=C(/C=C/c1ccc(O)c(O)c1)OC[C@H]1O[C@@H](O[C@H]2[C@H](OC3=C(c4ccc(O)cc4)OC4C=C(O)C=C(O[C@@H]5O[C@H](CO)[C@@H](O)[C@H](O)[C@H]5O)C4=C3)O[C@H](COC(=O)/C=C/c3ccc(O)c(O)c3)[C@@H](O)[C@@H]2O)[C@H](O)[C@@H](O)[C@@H]1O. The van der Waals surface area contributed by atoms with E-state index in [9.17, 15) is 86.2 Å². The van der Waals surface area contributed by atoms with Crippen molar-refractivity contribution in [3.63, 3.8) is 0 Å². The second-order valence-corrected chi connectivity index (χ2v) is 18.0. The van der Waals surface area contributed by atoms with Crippen LogP contribution in [0.5, 0.6) is 28.7 Å². The third kappa shape index (κ3) is 12.8. The van der Waals surface area contributed by atoms with Crippen molar-refractivity contribution < 1.29 is 129 Å². The number of hydrogen-bond donors (Lipinski definition) is 15. The van der Waals surface area contributed by atoms with Crippen LogP contribution in [0.4, 0.5) is 0 Å².